The number of hydrogen-bond acceptors (Lipinski definition) is 1. The zero-order valence-electron chi connectivity index (χ0n) is 7.59. The quantitative estimate of drug-likeness (QED) is 0.883. The third kappa shape index (κ3) is 4.28. The molecule has 1 aromatic rings. The van der Waals surface area contributed by atoms with Crippen LogP contribution in [0, 0.1) is 5.82 Å². The number of rotatable bonds is 3. The van der Waals surface area contributed by atoms with Gasteiger partial charge in [-0.3, -0.25) is 0 Å². The van der Waals surface area contributed by atoms with Gasteiger partial charge in [-0.15, -0.1) is 12.4 Å². The van der Waals surface area contributed by atoms with E-state index in [1.165, 1.54) is 12.1 Å². The fraction of sp³-hybridized carbons (Fsp3) is 0.333. The van der Waals surface area contributed by atoms with Gasteiger partial charge in [-0.2, -0.15) is 0 Å². The number of nitrogens with two attached hydrogens (primary N) is 1. The minimum atomic E-state index is -2.48. The number of alkyl halides is 2. The summed E-state index contributed by atoms with van der Waals surface area (Å²) < 4.78 is 36.6. The Morgan fingerprint density at radius 1 is 1.33 bits per heavy atom. The molecule has 15 heavy (non-hydrogen) atoms. The monoisotopic (exact) mass is 259 g/mol. The van der Waals surface area contributed by atoms with Gasteiger partial charge in [0.05, 0.1) is 5.02 Å². The Kier molecular flexibility index (Phi) is 6.02. The summed E-state index contributed by atoms with van der Waals surface area (Å²) in [7, 11) is 0. The topological polar surface area (TPSA) is 26.0 Å². The van der Waals surface area contributed by atoms with Gasteiger partial charge in [-0.1, -0.05) is 17.7 Å². The van der Waals surface area contributed by atoms with Crippen molar-refractivity contribution in [3.63, 3.8) is 0 Å². The predicted molar refractivity (Wildman–Crippen MR) is 56.2 cm³/mol. The van der Waals surface area contributed by atoms with E-state index in [-0.39, 0.29) is 17.4 Å². The molecule has 0 heterocycles. The van der Waals surface area contributed by atoms with Gasteiger partial charge < -0.3 is 5.73 Å². The Morgan fingerprint density at radius 2 is 1.93 bits per heavy atom. The van der Waals surface area contributed by atoms with Gasteiger partial charge in [0.25, 0.3) is 0 Å². The summed E-state index contributed by atoms with van der Waals surface area (Å²) in [6.45, 7) is 0. The highest BCUT2D eigenvalue weighted by atomic mass is 35.5. The second-order valence-corrected chi connectivity index (χ2v) is 3.31. The largest absolute Gasteiger partial charge is 0.324 e. The summed E-state index contributed by atoms with van der Waals surface area (Å²) >= 11 is 5.48. The van der Waals surface area contributed by atoms with E-state index >= 15 is 0 Å². The SMILES string of the molecule is Cl.N[C@H](CC(F)F)c1ccc(F)c(Cl)c1. The van der Waals surface area contributed by atoms with Crippen molar-refractivity contribution in [1.29, 1.82) is 0 Å². The molecule has 0 amide bonds. The molecule has 0 aliphatic heterocycles. The molecule has 0 fully saturated rings. The second-order valence-electron chi connectivity index (χ2n) is 2.91. The highest BCUT2D eigenvalue weighted by Gasteiger charge is 2.13. The summed E-state index contributed by atoms with van der Waals surface area (Å²) in [6.07, 6.45) is -2.93. The van der Waals surface area contributed by atoms with Crippen molar-refractivity contribution in [2.24, 2.45) is 5.73 Å². The summed E-state index contributed by atoms with van der Waals surface area (Å²) in [5.74, 6) is -0.584. The van der Waals surface area contributed by atoms with Crippen molar-refractivity contribution < 1.29 is 13.2 Å². The molecular weight excluding hydrogens is 250 g/mol. The van der Waals surface area contributed by atoms with Crippen molar-refractivity contribution in [3.8, 4) is 0 Å². The van der Waals surface area contributed by atoms with Crippen LogP contribution in [0.25, 0.3) is 0 Å². The first-order chi connectivity index (χ1) is 6.50. The van der Waals surface area contributed by atoms with Crippen molar-refractivity contribution in [1.82, 2.24) is 0 Å². The summed E-state index contributed by atoms with van der Waals surface area (Å²) in [6, 6.07) is 2.93. The van der Waals surface area contributed by atoms with Crippen molar-refractivity contribution in [2.75, 3.05) is 0 Å². The summed E-state index contributed by atoms with van der Waals surface area (Å²) in [5, 5.41) is -0.104. The molecule has 1 nitrogen and oxygen atoms in total. The third-order valence-corrected chi connectivity index (χ3v) is 2.09. The van der Waals surface area contributed by atoms with Gasteiger partial charge in [0.1, 0.15) is 5.82 Å². The van der Waals surface area contributed by atoms with E-state index in [0.717, 1.165) is 6.07 Å². The first kappa shape index (κ1) is 14.6. The van der Waals surface area contributed by atoms with Crippen LogP contribution < -0.4 is 5.73 Å². The number of benzene rings is 1. The minimum Gasteiger partial charge on any atom is -0.324 e. The van der Waals surface area contributed by atoms with Gasteiger partial charge in [0.15, 0.2) is 0 Å². The van der Waals surface area contributed by atoms with E-state index in [1.54, 1.807) is 0 Å². The van der Waals surface area contributed by atoms with E-state index in [1.807, 2.05) is 0 Å². The van der Waals surface area contributed by atoms with Crippen molar-refractivity contribution in [3.05, 3.63) is 34.6 Å². The highest BCUT2D eigenvalue weighted by Crippen LogP contribution is 2.23. The molecule has 6 heteroatoms. The molecule has 1 rings (SSSR count). The Hall–Kier alpha value is -0.450. The Balaban J connectivity index is 0.00000196. The summed E-state index contributed by atoms with van der Waals surface area (Å²) in [5.41, 5.74) is 5.87. The molecule has 0 spiro atoms. The lowest BCUT2D eigenvalue weighted by molar-refractivity contribution is 0.128. The van der Waals surface area contributed by atoms with Gasteiger partial charge in [-0.25, -0.2) is 13.2 Å². The van der Waals surface area contributed by atoms with Crippen LogP contribution in [0.4, 0.5) is 13.2 Å². The molecule has 2 N–H and O–H groups in total. The van der Waals surface area contributed by atoms with Crippen LogP contribution in [0.15, 0.2) is 18.2 Å². The molecule has 1 atom stereocenters. The first-order valence-electron chi connectivity index (χ1n) is 3.99. The van der Waals surface area contributed by atoms with Crippen LogP contribution in [0.3, 0.4) is 0 Å². The molecule has 0 unspecified atom stereocenters. The normalized spacial score (nSPS) is 12.4. The molecule has 0 aliphatic carbocycles. The maximum absolute atomic E-state index is 12.7. The molecule has 0 saturated heterocycles. The van der Waals surface area contributed by atoms with Crippen LogP contribution in [0.1, 0.15) is 18.0 Å². The maximum Gasteiger partial charge on any atom is 0.240 e. The zero-order valence-corrected chi connectivity index (χ0v) is 9.16. The maximum atomic E-state index is 12.7. The lowest BCUT2D eigenvalue weighted by Gasteiger charge is -2.11. The van der Waals surface area contributed by atoms with Crippen LogP contribution in [-0.2, 0) is 0 Å². The Morgan fingerprint density at radius 3 is 2.40 bits per heavy atom. The molecule has 0 bridgehead atoms. The third-order valence-electron chi connectivity index (χ3n) is 1.80. The van der Waals surface area contributed by atoms with Crippen molar-refractivity contribution >= 4 is 24.0 Å². The Bertz CT molecular complexity index is 320. The van der Waals surface area contributed by atoms with Gasteiger partial charge >= 0.3 is 0 Å². The highest BCUT2D eigenvalue weighted by molar-refractivity contribution is 6.30. The smallest absolute Gasteiger partial charge is 0.240 e. The van der Waals surface area contributed by atoms with E-state index in [0.29, 0.717) is 5.56 Å². The second kappa shape index (κ2) is 6.20. The van der Waals surface area contributed by atoms with E-state index in [4.69, 9.17) is 17.3 Å². The lowest BCUT2D eigenvalue weighted by Crippen LogP contribution is -2.13. The van der Waals surface area contributed by atoms with E-state index in [9.17, 15) is 13.2 Å². The van der Waals surface area contributed by atoms with Crippen LogP contribution in [0.2, 0.25) is 5.02 Å². The average molecular weight is 260 g/mol. The molecule has 0 aromatic heterocycles. The van der Waals surface area contributed by atoms with Crippen LogP contribution >= 0.6 is 24.0 Å². The molecule has 1 aromatic carbocycles. The fourth-order valence-corrected chi connectivity index (χ4v) is 1.26. The van der Waals surface area contributed by atoms with Gasteiger partial charge in [0.2, 0.25) is 6.43 Å². The molecular formula is C9H10Cl2F3N. The van der Waals surface area contributed by atoms with E-state index < -0.39 is 24.7 Å². The fourth-order valence-electron chi connectivity index (χ4n) is 1.07. The average Bonchev–Trinajstić information content (AvgIpc) is 2.08. The van der Waals surface area contributed by atoms with Crippen LogP contribution in [-0.4, -0.2) is 6.43 Å². The molecule has 0 aliphatic rings. The lowest BCUT2D eigenvalue weighted by atomic mass is 10.1. The molecule has 0 saturated carbocycles. The standard InChI is InChI=1S/C9H9ClF3N.ClH/c10-6-3-5(1-2-7(6)11)8(14)4-9(12)13;/h1-3,8-9H,4,14H2;1H/t8-;/m1./s1. The minimum absolute atomic E-state index is 0. The van der Waals surface area contributed by atoms with Gasteiger partial charge in [0, 0.05) is 12.5 Å². The van der Waals surface area contributed by atoms with Crippen molar-refractivity contribution in [2.45, 2.75) is 18.9 Å². The number of halogens is 5. The molecule has 86 valence electrons. The Labute approximate surface area is 96.8 Å². The predicted octanol–water partition coefficient (Wildman–Crippen LogP) is 3.56. The molecule has 0 radical (unpaired) electrons. The number of hydrogen-bond donors (Lipinski definition) is 1. The summed E-state index contributed by atoms with van der Waals surface area (Å²) in [4.78, 5) is 0. The van der Waals surface area contributed by atoms with Crippen LogP contribution in [0.5, 0.6) is 0 Å². The first-order valence-corrected chi connectivity index (χ1v) is 4.37. The van der Waals surface area contributed by atoms with Gasteiger partial charge in [-0.05, 0) is 17.7 Å². The van der Waals surface area contributed by atoms with E-state index in [2.05, 4.69) is 0 Å². The zero-order chi connectivity index (χ0) is 10.7.